The number of nitrogens with one attached hydrogen (secondary N) is 1. The van der Waals surface area contributed by atoms with Crippen molar-refractivity contribution in [3.8, 4) is 16.9 Å². The molecule has 0 spiro atoms. The SMILES string of the molecule is CCc1ccc(OC)c(-c2c(N)n[nH]c2CC)c1. The Balaban J connectivity index is 2.64. The Bertz CT molecular complexity index is 546. The first-order valence-electron chi connectivity index (χ1n) is 6.21. The van der Waals surface area contributed by atoms with Crippen LogP contribution < -0.4 is 10.5 Å². The third-order valence-electron chi connectivity index (χ3n) is 3.16. The van der Waals surface area contributed by atoms with Crippen LogP contribution in [0.1, 0.15) is 25.1 Å². The third kappa shape index (κ3) is 2.06. The summed E-state index contributed by atoms with van der Waals surface area (Å²) in [5.41, 5.74) is 10.2. The Morgan fingerprint density at radius 3 is 2.67 bits per heavy atom. The molecule has 4 nitrogen and oxygen atoms in total. The number of aromatic amines is 1. The van der Waals surface area contributed by atoms with E-state index in [4.69, 9.17) is 10.5 Å². The molecule has 2 rings (SSSR count). The van der Waals surface area contributed by atoms with Crippen molar-refractivity contribution in [3.05, 3.63) is 29.5 Å². The molecule has 96 valence electrons. The molecule has 4 heteroatoms. The normalized spacial score (nSPS) is 10.6. The summed E-state index contributed by atoms with van der Waals surface area (Å²) < 4.78 is 5.43. The number of nitrogens with zero attached hydrogens (tertiary/aromatic N) is 1. The lowest BCUT2D eigenvalue weighted by Crippen LogP contribution is -1.95. The highest BCUT2D eigenvalue weighted by molar-refractivity contribution is 5.81. The monoisotopic (exact) mass is 245 g/mol. The molecular formula is C14H19N3O. The van der Waals surface area contributed by atoms with Gasteiger partial charge < -0.3 is 10.5 Å². The zero-order valence-electron chi connectivity index (χ0n) is 11.1. The van der Waals surface area contributed by atoms with Crippen LogP contribution in [0.15, 0.2) is 18.2 Å². The summed E-state index contributed by atoms with van der Waals surface area (Å²) in [6.07, 6.45) is 1.84. The Labute approximate surface area is 107 Å². The van der Waals surface area contributed by atoms with Gasteiger partial charge in [0.05, 0.1) is 12.7 Å². The fourth-order valence-corrected chi connectivity index (χ4v) is 2.12. The number of hydrogen-bond donors (Lipinski definition) is 2. The van der Waals surface area contributed by atoms with Gasteiger partial charge in [-0.3, -0.25) is 5.10 Å². The van der Waals surface area contributed by atoms with Gasteiger partial charge in [0, 0.05) is 11.3 Å². The van der Waals surface area contributed by atoms with Gasteiger partial charge in [0.2, 0.25) is 0 Å². The van der Waals surface area contributed by atoms with E-state index in [9.17, 15) is 0 Å². The van der Waals surface area contributed by atoms with Crippen molar-refractivity contribution in [1.29, 1.82) is 0 Å². The number of methoxy groups -OCH3 is 1. The Morgan fingerprint density at radius 2 is 2.06 bits per heavy atom. The highest BCUT2D eigenvalue weighted by Crippen LogP contribution is 2.36. The summed E-state index contributed by atoms with van der Waals surface area (Å²) in [7, 11) is 1.67. The van der Waals surface area contributed by atoms with Crippen LogP contribution in [0.4, 0.5) is 5.82 Å². The number of anilines is 1. The molecule has 1 aromatic heterocycles. The number of nitrogens with two attached hydrogens (primary N) is 1. The molecule has 0 fully saturated rings. The molecule has 1 heterocycles. The molecular weight excluding hydrogens is 226 g/mol. The second kappa shape index (κ2) is 5.12. The molecule has 0 saturated heterocycles. The lowest BCUT2D eigenvalue weighted by atomic mass is 9.99. The summed E-state index contributed by atoms with van der Waals surface area (Å²) >= 11 is 0. The van der Waals surface area contributed by atoms with Crippen LogP contribution in [0.5, 0.6) is 5.75 Å². The molecule has 0 unspecified atom stereocenters. The van der Waals surface area contributed by atoms with E-state index in [1.807, 2.05) is 6.07 Å². The zero-order chi connectivity index (χ0) is 13.1. The van der Waals surface area contributed by atoms with E-state index in [0.717, 1.165) is 35.4 Å². The van der Waals surface area contributed by atoms with Crippen LogP contribution >= 0.6 is 0 Å². The molecule has 0 saturated carbocycles. The molecule has 18 heavy (non-hydrogen) atoms. The van der Waals surface area contributed by atoms with E-state index >= 15 is 0 Å². The van der Waals surface area contributed by atoms with E-state index < -0.39 is 0 Å². The average molecular weight is 245 g/mol. The number of H-pyrrole nitrogens is 1. The maximum atomic E-state index is 5.97. The largest absolute Gasteiger partial charge is 0.496 e. The quantitative estimate of drug-likeness (QED) is 0.870. The average Bonchev–Trinajstić information content (AvgIpc) is 2.78. The van der Waals surface area contributed by atoms with E-state index in [1.165, 1.54) is 5.56 Å². The Kier molecular flexibility index (Phi) is 3.55. The number of ether oxygens (including phenoxy) is 1. The minimum atomic E-state index is 0.526. The summed E-state index contributed by atoms with van der Waals surface area (Å²) in [4.78, 5) is 0. The molecule has 0 atom stereocenters. The van der Waals surface area contributed by atoms with Crippen molar-refractivity contribution < 1.29 is 4.74 Å². The minimum absolute atomic E-state index is 0.526. The molecule has 3 N–H and O–H groups in total. The molecule has 0 aliphatic rings. The fraction of sp³-hybridized carbons (Fsp3) is 0.357. The van der Waals surface area contributed by atoms with Crippen LogP contribution in [0.3, 0.4) is 0 Å². The maximum Gasteiger partial charge on any atom is 0.153 e. The standard InChI is InChI=1S/C14H19N3O/c1-4-9-6-7-12(18-3)10(8-9)13-11(5-2)16-17-14(13)15/h6-8H,4-5H2,1-3H3,(H3,15,16,17). The summed E-state index contributed by atoms with van der Waals surface area (Å²) in [6.45, 7) is 4.21. The third-order valence-corrected chi connectivity index (χ3v) is 3.16. The highest BCUT2D eigenvalue weighted by atomic mass is 16.5. The predicted octanol–water partition coefficient (Wildman–Crippen LogP) is 2.79. The fourth-order valence-electron chi connectivity index (χ4n) is 2.12. The molecule has 0 amide bonds. The number of aromatic nitrogens is 2. The van der Waals surface area contributed by atoms with Crippen molar-refractivity contribution in [2.75, 3.05) is 12.8 Å². The first kappa shape index (κ1) is 12.5. The van der Waals surface area contributed by atoms with Crippen LogP contribution in [0.25, 0.3) is 11.1 Å². The Hall–Kier alpha value is -1.97. The first-order chi connectivity index (χ1) is 8.71. The summed E-state index contributed by atoms with van der Waals surface area (Å²) in [5.74, 6) is 1.36. The second-order valence-corrected chi connectivity index (χ2v) is 4.20. The van der Waals surface area contributed by atoms with Gasteiger partial charge in [-0.05, 0) is 30.5 Å². The zero-order valence-corrected chi connectivity index (χ0v) is 11.1. The number of rotatable bonds is 4. The Morgan fingerprint density at radius 1 is 1.28 bits per heavy atom. The van der Waals surface area contributed by atoms with E-state index in [-0.39, 0.29) is 0 Å². The van der Waals surface area contributed by atoms with Gasteiger partial charge in [0.15, 0.2) is 5.82 Å². The van der Waals surface area contributed by atoms with Crippen LogP contribution in [0, 0.1) is 0 Å². The van der Waals surface area contributed by atoms with Gasteiger partial charge in [-0.15, -0.1) is 0 Å². The van der Waals surface area contributed by atoms with Gasteiger partial charge in [-0.2, -0.15) is 5.10 Å². The molecule has 0 aliphatic heterocycles. The van der Waals surface area contributed by atoms with Crippen molar-refractivity contribution in [2.45, 2.75) is 26.7 Å². The number of aryl methyl sites for hydroxylation is 2. The number of nitrogen functional groups attached to an aromatic ring is 1. The second-order valence-electron chi connectivity index (χ2n) is 4.20. The molecule has 0 aliphatic carbocycles. The van der Waals surface area contributed by atoms with Crippen LogP contribution in [-0.4, -0.2) is 17.3 Å². The lowest BCUT2D eigenvalue weighted by Gasteiger charge is -2.11. The predicted molar refractivity (Wildman–Crippen MR) is 73.7 cm³/mol. The van der Waals surface area contributed by atoms with Crippen molar-refractivity contribution in [2.24, 2.45) is 0 Å². The molecule has 0 bridgehead atoms. The smallest absolute Gasteiger partial charge is 0.153 e. The van der Waals surface area contributed by atoms with Crippen LogP contribution in [0.2, 0.25) is 0 Å². The molecule has 1 aromatic carbocycles. The van der Waals surface area contributed by atoms with Crippen molar-refractivity contribution >= 4 is 5.82 Å². The van der Waals surface area contributed by atoms with Gasteiger partial charge in [-0.1, -0.05) is 19.9 Å². The van der Waals surface area contributed by atoms with Crippen molar-refractivity contribution in [1.82, 2.24) is 10.2 Å². The van der Waals surface area contributed by atoms with E-state index in [2.05, 4.69) is 36.2 Å². The lowest BCUT2D eigenvalue weighted by molar-refractivity contribution is 0.416. The minimum Gasteiger partial charge on any atom is -0.496 e. The summed E-state index contributed by atoms with van der Waals surface area (Å²) in [5, 5.41) is 7.07. The molecule has 2 aromatic rings. The molecule has 0 radical (unpaired) electrons. The van der Waals surface area contributed by atoms with Crippen molar-refractivity contribution in [3.63, 3.8) is 0 Å². The number of hydrogen-bond acceptors (Lipinski definition) is 3. The van der Waals surface area contributed by atoms with Crippen LogP contribution in [-0.2, 0) is 12.8 Å². The van der Waals surface area contributed by atoms with Gasteiger partial charge in [0.25, 0.3) is 0 Å². The van der Waals surface area contributed by atoms with E-state index in [0.29, 0.717) is 5.82 Å². The summed E-state index contributed by atoms with van der Waals surface area (Å²) in [6, 6.07) is 6.18. The topological polar surface area (TPSA) is 63.9 Å². The van der Waals surface area contributed by atoms with Gasteiger partial charge >= 0.3 is 0 Å². The number of benzene rings is 1. The van der Waals surface area contributed by atoms with Gasteiger partial charge in [-0.25, -0.2) is 0 Å². The highest BCUT2D eigenvalue weighted by Gasteiger charge is 2.16. The first-order valence-corrected chi connectivity index (χ1v) is 6.21. The van der Waals surface area contributed by atoms with E-state index in [1.54, 1.807) is 7.11 Å². The van der Waals surface area contributed by atoms with Gasteiger partial charge in [0.1, 0.15) is 5.75 Å². The maximum absolute atomic E-state index is 5.97.